The van der Waals surface area contributed by atoms with Crippen LogP contribution in [-0.2, 0) is 4.79 Å². The molecule has 1 aromatic rings. The van der Waals surface area contributed by atoms with Gasteiger partial charge in [0, 0.05) is 5.02 Å². The molecule has 1 aliphatic rings. The molecule has 1 atom stereocenters. The number of likely N-dealkylation sites (tertiary alicyclic amines) is 1. The summed E-state index contributed by atoms with van der Waals surface area (Å²) in [7, 11) is 0. The SMILES string of the molecule is O=C(O)C(c1cc(F)cc(Cl)c1)N1CCCCCC1. The van der Waals surface area contributed by atoms with E-state index in [9.17, 15) is 14.3 Å². The Kier molecular flexibility index (Phi) is 4.77. The predicted molar refractivity (Wildman–Crippen MR) is 71.8 cm³/mol. The quantitative estimate of drug-likeness (QED) is 0.924. The molecule has 0 saturated carbocycles. The number of rotatable bonds is 3. The smallest absolute Gasteiger partial charge is 0.325 e. The molecule has 19 heavy (non-hydrogen) atoms. The van der Waals surface area contributed by atoms with E-state index in [1.165, 1.54) is 18.2 Å². The highest BCUT2D eigenvalue weighted by molar-refractivity contribution is 6.30. The van der Waals surface area contributed by atoms with E-state index in [4.69, 9.17) is 11.6 Å². The van der Waals surface area contributed by atoms with Crippen molar-refractivity contribution in [3.63, 3.8) is 0 Å². The predicted octanol–water partition coefficient (Wildman–Crippen LogP) is 3.48. The van der Waals surface area contributed by atoms with E-state index in [1.807, 2.05) is 4.90 Å². The first-order valence-corrected chi connectivity index (χ1v) is 6.88. The second-order valence-corrected chi connectivity index (χ2v) is 5.33. The highest BCUT2D eigenvalue weighted by Crippen LogP contribution is 2.27. The summed E-state index contributed by atoms with van der Waals surface area (Å²) >= 11 is 5.82. The molecule has 0 radical (unpaired) electrons. The molecule has 1 heterocycles. The van der Waals surface area contributed by atoms with Crippen molar-refractivity contribution in [2.75, 3.05) is 13.1 Å². The number of carboxylic acids is 1. The fourth-order valence-corrected chi connectivity index (χ4v) is 2.83. The summed E-state index contributed by atoms with van der Waals surface area (Å²) in [4.78, 5) is 13.4. The van der Waals surface area contributed by atoms with Crippen LogP contribution >= 0.6 is 11.6 Å². The Morgan fingerprint density at radius 3 is 2.37 bits per heavy atom. The Morgan fingerprint density at radius 1 is 1.21 bits per heavy atom. The van der Waals surface area contributed by atoms with Crippen molar-refractivity contribution in [2.24, 2.45) is 0 Å². The molecule has 104 valence electrons. The molecule has 1 aromatic carbocycles. The minimum absolute atomic E-state index is 0.232. The van der Waals surface area contributed by atoms with Gasteiger partial charge in [0.05, 0.1) is 0 Å². The standard InChI is InChI=1S/C14H17ClFNO2/c15-11-7-10(8-12(16)9-11)13(14(18)19)17-5-3-1-2-4-6-17/h7-9,13H,1-6H2,(H,18,19). The van der Waals surface area contributed by atoms with Crippen molar-refractivity contribution in [1.29, 1.82) is 0 Å². The van der Waals surface area contributed by atoms with Gasteiger partial charge in [0.1, 0.15) is 11.9 Å². The summed E-state index contributed by atoms with van der Waals surface area (Å²) in [6, 6.07) is 3.17. The van der Waals surface area contributed by atoms with E-state index in [1.54, 1.807) is 0 Å². The largest absolute Gasteiger partial charge is 0.480 e. The van der Waals surface area contributed by atoms with Crippen molar-refractivity contribution in [2.45, 2.75) is 31.7 Å². The normalized spacial score (nSPS) is 18.8. The molecular weight excluding hydrogens is 269 g/mol. The second-order valence-electron chi connectivity index (χ2n) is 4.89. The first-order chi connectivity index (χ1) is 9.08. The van der Waals surface area contributed by atoms with Gasteiger partial charge in [0.15, 0.2) is 0 Å². The lowest BCUT2D eigenvalue weighted by atomic mass is 10.0. The van der Waals surface area contributed by atoms with Gasteiger partial charge in [-0.05, 0) is 49.7 Å². The minimum atomic E-state index is -0.955. The van der Waals surface area contributed by atoms with Crippen LogP contribution in [0.2, 0.25) is 5.02 Å². The number of benzene rings is 1. The van der Waals surface area contributed by atoms with Crippen molar-refractivity contribution in [1.82, 2.24) is 4.90 Å². The van der Waals surface area contributed by atoms with Gasteiger partial charge in [-0.25, -0.2) is 4.39 Å². The summed E-state index contributed by atoms with van der Waals surface area (Å²) < 4.78 is 13.4. The summed E-state index contributed by atoms with van der Waals surface area (Å²) in [5.41, 5.74) is 0.416. The third-order valence-corrected chi connectivity index (χ3v) is 3.66. The number of halogens is 2. The lowest BCUT2D eigenvalue weighted by Gasteiger charge is -2.27. The highest BCUT2D eigenvalue weighted by Gasteiger charge is 2.28. The van der Waals surface area contributed by atoms with E-state index < -0.39 is 17.8 Å². The highest BCUT2D eigenvalue weighted by atomic mass is 35.5. The Morgan fingerprint density at radius 2 is 1.84 bits per heavy atom. The van der Waals surface area contributed by atoms with Crippen molar-refractivity contribution < 1.29 is 14.3 Å². The molecule has 1 saturated heterocycles. The average Bonchev–Trinajstić information content (AvgIpc) is 2.56. The number of aliphatic carboxylic acids is 1. The van der Waals surface area contributed by atoms with Crippen LogP contribution in [0.15, 0.2) is 18.2 Å². The van der Waals surface area contributed by atoms with Gasteiger partial charge < -0.3 is 5.11 Å². The molecule has 0 spiro atoms. The van der Waals surface area contributed by atoms with Gasteiger partial charge in [-0.3, -0.25) is 9.69 Å². The Bertz CT molecular complexity index is 439. The third-order valence-electron chi connectivity index (χ3n) is 3.44. The Hall–Kier alpha value is -1.13. The summed E-state index contributed by atoms with van der Waals surface area (Å²) in [5, 5.41) is 9.68. The van der Waals surface area contributed by atoms with E-state index in [0.29, 0.717) is 5.56 Å². The summed E-state index contributed by atoms with van der Waals surface area (Å²) in [5.74, 6) is -1.45. The van der Waals surface area contributed by atoms with Gasteiger partial charge in [-0.15, -0.1) is 0 Å². The summed E-state index contributed by atoms with van der Waals surface area (Å²) in [6.07, 6.45) is 4.19. The van der Waals surface area contributed by atoms with Crippen molar-refractivity contribution in [3.05, 3.63) is 34.6 Å². The van der Waals surface area contributed by atoms with Crippen LogP contribution in [0.4, 0.5) is 4.39 Å². The molecule has 2 rings (SSSR count). The lowest BCUT2D eigenvalue weighted by molar-refractivity contribution is -0.143. The number of hydrogen-bond acceptors (Lipinski definition) is 2. The Balaban J connectivity index is 2.30. The average molecular weight is 286 g/mol. The van der Waals surface area contributed by atoms with Gasteiger partial charge in [0.2, 0.25) is 0 Å². The number of nitrogens with zero attached hydrogens (tertiary/aromatic N) is 1. The zero-order valence-corrected chi connectivity index (χ0v) is 11.4. The topological polar surface area (TPSA) is 40.5 Å². The molecule has 1 unspecified atom stereocenters. The fourth-order valence-electron chi connectivity index (χ4n) is 2.60. The molecule has 5 heteroatoms. The molecule has 0 bridgehead atoms. The zero-order chi connectivity index (χ0) is 13.8. The second kappa shape index (κ2) is 6.35. The maximum absolute atomic E-state index is 13.4. The fraction of sp³-hybridized carbons (Fsp3) is 0.500. The van der Waals surface area contributed by atoms with Crippen LogP contribution in [0.1, 0.15) is 37.3 Å². The molecule has 3 nitrogen and oxygen atoms in total. The van der Waals surface area contributed by atoms with Crippen molar-refractivity contribution in [3.8, 4) is 0 Å². The van der Waals surface area contributed by atoms with Crippen LogP contribution in [0.25, 0.3) is 0 Å². The molecule has 0 aliphatic carbocycles. The molecular formula is C14H17ClFNO2. The zero-order valence-electron chi connectivity index (χ0n) is 10.6. The van der Waals surface area contributed by atoms with E-state index >= 15 is 0 Å². The van der Waals surface area contributed by atoms with Crippen LogP contribution < -0.4 is 0 Å². The maximum Gasteiger partial charge on any atom is 0.325 e. The van der Waals surface area contributed by atoms with Gasteiger partial charge in [0.25, 0.3) is 0 Å². The maximum atomic E-state index is 13.4. The van der Waals surface area contributed by atoms with Crippen LogP contribution in [0.5, 0.6) is 0 Å². The Labute approximate surface area is 117 Å². The van der Waals surface area contributed by atoms with Gasteiger partial charge in [-0.1, -0.05) is 24.4 Å². The summed E-state index contributed by atoms with van der Waals surface area (Å²) in [6.45, 7) is 1.45. The number of carboxylic acid groups (broad SMARTS) is 1. The first kappa shape index (κ1) is 14.3. The lowest BCUT2D eigenvalue weighted by Crippen LogP contribution is -2.35. The molecule has 0 aromatic heterocycles. The van der Waals surface area contributed by atoms with Crippen LogP contribution in [-0.4, -0.2) is 29.1 Å². The molecule has 0 amide bonds. The molecule has 1 fully saturated rings. The van der Waals surface area contributed by atoms with Gasteiger partial charge >= 0.3 is 5.97 Å². The number of hydrogen-bond donors (Lipinski definition) is 1. The number of carbonyl (C=O) groups is 1. The van der Waals surface area contributed by atoms with Crippen LogP contribution in [0, 0.1) is 5.82 Å². The minimum Gasteiger partial charge on any atom is -0.480 e. The van der Waals surface area contributed by atoms with Crippen LogP contribution in [0.3, 0.4) is 0 Å². The molecule has 1 aliphatic heterocycles. The monoisotopic (exact) mass is 285 g/mol. The third kappa shape index (κ3) is 3.67. The van der Waals surface area contributed by atoms with Crippen molar-refractivity contribution >= 4 is 17.6 Å². The first-order valence-electron chi connectivity index (χ1n) is 6.51. The van der Waals surface area contributed by atoms with Gasteiger partial charge in [-0.2, -0.15) is 0 Å². The van der Waals surface area contributed by atoms with E-state index in [-0.39, 0.29) is 5.02 Å². The van der Waals surface area contributed by atoms with E-state index in [2.05, 4.69) is 0 Å². The van der Waals surface area contributed by atoms with E-state index in [0.717, 1.165) is 38.8 Å². The molecule has 1 N–H and O–H groups in total.